The molecule has 0 bridgehead atoms. The predicted octanol–water partition coefficient (Wildman–Crippen LogP) is 3.99. The number of carbonyl (C=O) groups is 2. The first-order valence-electron chi connectivity index (χ1n) is 11.5. The van der Waals surface area contributed by atoms with Gasteiger partial charge in [0.05, 0.1) is 53.2 Å². The molecule has 0 aliphatic carbocycles. The van der Waals surface area contributed by atoms with E-state index in [4.69, 9.17) is 22.1 Å². The van der Waals surface area contributed by atoms with Crippen molar-refractivity contribution in [2.24, 2.45) is 0 Å². The Morgan fingerprint density at radius 1 is 1.18 bits per heavy atom. The molecule has 2 amide bonds. The summed E-state index contributed by atoms with van der Waals surface area (Å²) in [5, 5.41) is 8.21. The number of nitrogens with one attached hydrogen (secondary N) is 3. The molecule has 1 atom stereocenters. The molecule has 1 saturated heterocycles. The number of anilines is 3. The van der Waals surface area contributed by atoms with Crippen molar-refractivity contribution in [2.75, 3.05) is 24.3 Å². The number of rotatable bonds is 7. The fourth-order valence-corrected chi connectivity index (χ4v) is 4.15. The van der Waals surface area contributed by atoms with E-state index in [2.05, 4.69) is 25.9 Å². The number of nitrogen functional groups attached to an aromatic ring is 1. The molecule has 13 heteroatoms. The fraction of sp³-hybridized carbons (Fsp3) is 0.280. The normalized spacial score (nSPS) is 17.2. The molecular weight excluding hydrogens is 525 g/mol. The summed E-state index contributed by atoms with van der Waals surface area (Å²) in [6.07, 6.45) is -0.222. The second-order valence-electron chi connectivity index (χ2n) is 8.83. The Kier molecular flexibility index (Phi) is 7.74. The van der Waals surface area contributed by atoms with Gasteiger partial charge in [0.1, 0.15) is 5.54 Å². The third-order valence-electron chi connectivity index (χ3n) is 6.00. The van der Waals surface area contributed by atoms with Crippen molar-refractivity contribution in [3.05, 3.63) is 76.3 Å². The first-order valence-corrected chi connectivity index (χ1v) is 11.8. The van der Waals surface area contributed by atoms with Crippen LogP contribution in [0.4, 0.5) is 30.2 Å². The quantitative estimate of drug-likeness (QED) is 0.351. The number of aromatic nitrogens is 2. The van der Waals surface area contributed by atoms with Gasteiger partial charge in [0.25, 0.3) is 5.91 Å². The zero-order valence-corrected chi connectivity index (χ0v) is 20.9. The van der Waals surface area contributed by atoms with Crippen LogP contribution < -0.4 is 21.7 Å². The average molecular weight is 549 g/mol. The monoisotopic (exact) mass is 548 g/mol. The van der Waals surface area contributed by atoms with Gasteiger partial charge in [-0.25, -0.2) is 0 Å². The number of nitrogens with two attached hydrogens (primary N) is 1. The standard InChI is InChI=1S/C25H24ClF3N6O3/c1-14-6-18(34-20-3-2-16(26)8-19(20)25(27,28)29)11-32-21(14)12-33-23(37)24(4-5-38-13-24)35-22(36)15-7-17(30)10-31-9-15/h2-3,6-11,34H,4-5,12-13,30H2,1H3,(H,33,37)(H,35,36)/t24-/m0/s1. The molecule has 1 aromatic carbocycles. The highest BCUT2D eigenvalue weighted by atomic mass is 35.5. The van der Waals surface area contributed by atoms with Crippen molar-refractivity contribution in [3.8, 4) is 0 Å². The summed E-state index contributed by atoms with van der Waals surface area (Å²) in [6.45, 7) is 2.01. The molecule has 9 nitrogen and oxygen atoms in total. The number of hydrogen-bond donors (Lipinski definition) is 4. The van der Waals surface area contributed by atoms with E-state index in [1.54, 1.807) is 13.0 Å². The Morgan fingerprint density at radius 2 is 1.97 bits per heavy atom. The van der Waals surface area contributed by atoms with Crippen LogP contribution in [0.5, 0.6) is 0 Å². The number of nitrogens with zero attached hydrogens (tertiary/aromatic N) is 2. The molecule has 38 heavy (non-hydrogen) atoms. The molecule has 5 N–H and O–H groups in total. The van der Waals surface area contributed by atoms with E-state index in [1.165, 1.54) is 36.8 Å². The van der Waals surface area contributed by atoms with Gasteiger partial charge in [-0.2, -0.15) is 13.2 Å². The lowest BCUT2D eigenvalue weighted by Crippen LogP contribution is -2.59. The largest absolute Gasteiger partial charge is 0.418 e. The molecule has 4 rings (SSSR count). The van der Waals surface area contributed by atoms with Gasteiger partial charge in [0, 0.05) is 30.4 Å². The van der Waals surface area contributed by atoms with Crippen LogP contribution >= 0.6 is 11.6 Å². The van der Waals surface area contributed by atoms with Gasteiger partial charge in [-0.15, -0.1) is 0 Å². The second kappa shape index (κ2) is 10.8. The van der Waals surface area contributed by atoms with Gasteiger partial charge in [-0.3, -0.25) is 19.6 Å². The third kappa shape index (κ3) is 6.14. The Balaban J connectivity index is 1.44. The molecular formula is C25H24ClF3N6O3. The molecule has 3 aromatic rings. The maximum Gasteiger partial charge on any atom is 0.418 e. The van der Waals surface area contributed by atoms with Crippen molar-refractivity contribution in [2.45, 2.75) is 31.6 Å². The Morgan fingerprint density at radius 3 is 2.63 bits per heavy atom. The van der Waals surface area contributed by atoms with Crippen LogP contribution in [0.1, 0.15) is 33.6 Å². The lowest BCUT2D eigenvalue weighted by molar-refractivity contribution is -0.137. The summed E-state index contributed by atoms with van der Waals surface area (Å²) in [6, 6.07) is 6.51. The minimum atomic E-state index is -4.60. The van der Waals surface area contributed by atoms with Crippen LogP contribution in [0.25, 0.3) is 0 Å². The number of benzene rings is 1. The van der Waals surface area contributed by atoms with E-state index in [1.807, 2.05) is 0 Å². The molecule has 1 aliphatic heterocycles. The molecule has 0 saturated carbocycles. The highest BCUT2D eigenvalue weighted by Crippen LogP contribution is 2.37. The second-order valence-corrected chi connectivity index (χ2v) is 9.27. The van der Waals surface area contributed by atoms with E-state index < -0.39 is 29.1 Å². The lowest BCUT2D eigenvalue weighted by Gasteiger charge is -2.27. The number of aryl methyl sites for hydroxylation is 1. The predicted molar refractivity (Wildman–Crippen MR) is 135 cm³/mol. The molecule has 200 valence electrons. The highest BCUT2D eigenvalue weighted by Gasteiger charge is 2.44. The molecule has 1 fully saturated rings. The Bertz CT molecular complexity index is 1360. The molecule has 3 heterocycles. The molecule has 0 spiro atoms. The lowest BCUT2D eigenvalue weighted by atomic mass is 9.96. The first-order chi connectivity index (χ1) is 18.0. The third-order valence-corrected chi connectivity index (χ3v) is 6.23. The topological polar surface area (TPSA) is 131 Å². The number of carbonyl (C=O) groups excluding carboxylic acids is 2. The molecule has 0 radical (unpaired) electrons. The summed E-state index contributed by atoms with van der Waals surface area (Å²) in [4.78, 5) is 34.1. The fourth-order valence-electron chi connectivity index (χ4n) is 3.98. The van der Waals surface area contributed by atoms with Crippen LogP contribution in [0.15, 0.2) is 48.9 Å². The van der Waals surface area contributed by atoms with Crippen LogP contribution in [0, 0.1) is 6.92 Å². The summed E-state index contributed by atoms with van der Waals surface area (Å²) < 4.78 is 45.6. The Hall–Kier alpha value is -3.90. The van der Waals surface area contributed by atoms with Gasteiger partial charge in [-0.05, 0) is 42.8 Å². The number of alkyl halides is 3. The number of pyridine rings is 2. The van der Waals surface area contributed by atoms with Crippen molar-refractivity contribution in [3.63, 3.8) is 0 Å². The van der Waals surface area contributed by atoms with Crippen LogP contribution in [0.2, 0.25) is 5.02 Å². The SMILES string of the molecule is Cc1cc(Nc2ccc(Cl)cc2C(F)(F)F)cnc1CNC(=O)[C@]1(NC(=O)c2cncc(N)c2)CCOC1. The number of amides is 2. The van der Waals surface area contributed by atoms with Crippen molar-refractivity contribution in [1.82, 2.24) is 20.6 Å². The molecule has 2 aromatic heterocycles. The summed E-state index contributed by atoms with van der Waals surface area (Å²) in [7, 11) is 0. The minimum absolute atomic E-state index is 0.0157. The zero-order chi connectivity index (χ0) is 27.5. The highest BCUT2D eigenvalue weighted by molar-refractivity contribution is 6.30. The van der Waals surface area contributed by atoms with Crippen LogP contribution in [0.3, 0.4) is 0 Å². The van der Waals surface area contributed by atoms with Gasteiger partial charge in [0.15, 0.2) is 0 Å². The van der Waals surface area contributed by atoms with E-state index >= 15 is 0 Å². The van der Waals surface area contributed by atoms with Gasteiger partial charge in [0.2, 0.25) is 5.91 Å². The van der Waals surface area contributed by atoms with Crippen molar-refractivity contribution in [1.29, 1.82) is 0 Å². The molecule has 0 unspecified atom stereocenters. The van der Waals surface area contributed by atoms with Gasteiger partial charge < -0.3 is 26.4 Å². The number of hydrogen-bond acceptors (Lipinski definition) is 7. The van der Waals surface area contributed by atoms with Crippen LogP contribution in [-0.2, 0) is 22.3 Å². The van der Waals surface area contributed by atoms with Crippen molar-refractivity contribution < 1.29 is 27.5 Å². The summed E-state index contributed by atoms with van der Waals surface area (Å²) in [5.41, 5.74) is 5.30. The van der Waals surface area contributed by atoms with E-state index in [0.717, 1.165) is 6.07 Å². The molecule has 1 aliphatic rings. The maximum atomic E-state index is 13.4. The minimum Gasteiger partial charge on any atom is -0.397 e. The van der Waals surface area contributed by atoms with Gasteiger partial charge >= 0.3 is 6.18 Å². The van der Waals surface area contributed by atoms with Crippen LogP contribution in [-0.4, -0.2) is 40.5 Å². The average Bonchev–Trinajstić information content (AvgIpc) is 3.33. The first kappa shape index (κ1) is 27.1. The Labute approximate surface area is 220 Å². The summed E-state index contributed by atoms with van der Waals surface area (Å²) in [5.74, 6) is -0.977. The summed E-state index contributed by atoms with van der Waals surface area (Å²) >= 11 is 5.74. The smallest absolute Gasteiger partial charge is 0.397 e. The zero-order valence-electron chi connectivity index (χ0n) is 20.2. The van der Waals surface area contributed by atoms with E-state index in [-0.39, 0.29) is 42.5 Å². The number of ether oxygens (including phenoxy) is 1. The van der Waals surface area contributed by atoms with Crippen molar-refractivity contribution >= 4 is 40.5 Å². The van der Waals surface area contributed by atoms with Gasteiger partial charge in [-0.1, -0.05) is 11.6 Å². The number of halogens is 4. The van der Waals surface area contributed by atoms with E-state index in [9.17, 15) is 22.8 Å². The maximum absolute atomic E-state index is 13.4. The van der Waals surface area contributed by atoms with E-state index in [0.29, 0.717) is 22.6 Å².